The maximum Gasteiger partial charge on any atom is 0.0794 e. The van der Waals surface area contributed by atoms with E-state index in [1.807, 2.05) is 0 Å². The van der Waals surface area contributed by atoms with E-state index in [1.54, 1.807) is 0 Å². The molecule has 12 heavy (non-hydrogen) atoms. The Labute approximate surface area is 73.8 Å². The van der Waals surface area contributed by atoms with Gasteiger partial charge in [0, 0.05) is 31.7 Å². The monoisotopic (exact) mass is 170 g/mol. The lowest BCUT2D eigenvalue weighted by Gasteiger charge is -2.44. The molecule has 0 saturated carbocycles. The van der Waals surface area contributed by atoms with E-state index in [2.05, 4.69) is 17.1 Å². The van der Waals surface area contributed by atoms with Crippen molar-refractivity contribution in [1.29, 1.82) is 0 Å². The lowest BCUT2D eigenvalue weighted by atomic mass is 9.97. The van der Waals surface area contributed by atoms with Crippen LogP contribution in [0.2, 0.25) is 0 Å². The number of hydrogen-bond donors (Lipinski definition) is 2. The summed E-state index contributed by atoms with van der Waals surface area (Å²) in [7, 11) is 0. The van der Waals surface area contributed by atoms with E-state index >= 15 is 0 Å². The van der Waals surface area contributed by atoms with Crippen LogP contribution in [0.5, 0.6) is 0 Å². The highest BCUT2D eigenvalue weighted by atomic mass is 16.3. The normalized spacial score (nSPS) is 39.5. The standard InChI is InChI=1S/C9H18N2O/c1-7-2-3-8(4-10-7)11-5-9(12)6-11/h7-10,12H,2-6H2,1H3. The fourth-order valence-corrected chi connectivity index (χ4v) is 2.08. The Bertz CT molecular complexity index is 149. The molecule has 2 N–H and O–H groups in total. The van der Waals surface area contributed by atoms with Crippen LogP contribution < -0.4 is 5.32 Å². The van der Waals surface area contributed by atoms with Crippen LogP contribution in [0, 0.1) is 0 Å². The molecule has 0 aromatic rings. The van der Waals surface area contributed by atoms with Gasteiger partial charge in [-0.2, -0.15) is 0 Å². The van der Waals surface area contributed by atoms with E-state index in [9.17, 15) is 0 Å². The second-order valence-electron chi connectivity index (χ2n) is 4.15. The van der Waals surface area contributed by atoms with E-state index in [-0.39, 0.29) is 6.10 Å². The van der Waals surface area contributed by atoms with Gasteiger partial charge in [0.15, 0.2) is 0 Å². The number of aliphatic hydroxyl groups is 1. The van der Waals surface area contributed by atoms with Crippen LogP contribution in [0.3, 0.4) is 0 Å². The second kappa shape index (κ2) is 3.32. The van der Waals surface area contributed by atoms with Crippen molar-refractivity contribution in [3.05, 3.63) is 0 Å². The van der Waals surface area contributed by atoms with Crippen molar-refractivity contribution in [2.75, 3.05) is 19.6 Å². The summed E-state index contributed by atoms with van der Waals surface area (Å²) in [6, 6.07) is 1.37. The Morgan fingerprint density at radius 2 is 2.08 bits per heavy atom. The Hall–Kier alpha value is -0.120. The van der Waals surface area contributed by atoms with Gasteiger partial charge in [-0.05, 0) is 19.8 Å². The number of aliphatic hydroxyl groups excluding tert-OH is 1. The van der Waals surface area contributed by atoms with Gasteiger partial charge >= 0.3 is 0 Å². The molecule has 2 aliphatic rings. The first kappa shape index (κ1) is 8.48. The Kier molecular flexibility index (Phi) is 2.35. The van der Waals surface area contributed by atoms with Crippen molar-refractivity contribution >= 4 is 0 Å². The van der Waals surface area contributed by atoms with E-state index < -0.39 is 0 Å². The van der Waals surface area contributed by atoms with Gasteiger partial charge in [-0.3, -0.25) is 4.90 Å². The molecule has 2 unspecified atom stereocenters. The number of nitrogens with one attached hydrogen (secondary N) is 1. The molecule has 0 bridgehead atoms. The lowest BCUT2D eigenvalue weighted by molar-refractivity contribution is -0.0316. The zero-order valence-electron chi connectivity index (χ0n) is 7.66. The molecule has 70 valence electrons. The summed E-state index contributed by atoms with van der Waals surface area (Å²) in [6.45, 7) is 5.12. The van der Waals surface area contributed by atoms with Gasteiger partial charge in [0.2, 0.25) is 0 Å². The zero-order valence-corrected chi connectivity index (χ0v) is 7.66. The molecule has 3 nitrogen and oxygen atoms in total. The summed E-state index contributed by atoms with van der Waals surface area (Å²) < 4.78 is 0. The minimum Gasteiger partial charge on any atom is -0.390 e. The van der Waals surface area contributed by atoms with Crippen LogP contribution in [0.1, 0.15) is 19.8 Å². The lowest BCUT2D eigenvalue weighted by Crippen LogP contribution is -2.59. The molecule has 0 amide bonds. The number of hydrogen-bond acceptors (Lipinski definition) is 3. The summed E-state index contributed by atoms with van der Waals surface area (Å²) in [5, 5.41) is 12.6. The SMILES string of the molecule is CC1CCC(N2CC(O)C2)CN1. The summed E-state index contributed by atoms with van der Waals surface area (Å²) in [4.78, 5) is 2.38. The average Bonchev–Trinajstić information content (AvgIpc) is 2.01. The van der Waals surface area contributed by atoms with Crippen LogP contribution in [0.15, 0.2) is 0 Å². The van der Waals surface area contributed by atoms with Crippen LogP contribution in [-0.4, -0.2) is 47.8 Å². The molecule has 0 aliphatic carbocycles. The van der Waals surface area contributed by atoms with E-state index in [0.29, 0.717) is 12.1 Å². The summed E-state index contributed by atoms with van der Waals surface area (Å²) in [6.07, 6.45) is 2.52. The van der Waals surface area contributed by atoms with Gasteiger partial charge in [-0.1, -0.05) is 0 Å². The van der Waals surface area contributed by atoms with Crippen molar-refractivity contribution in [2.45, 2.75) is 38.0 Å². The first-order valence-electron chi connectivity index (χ1n) is 4.91. The molecule has 0 aromatic carbocycles. The molecule has 0 radical (unpaired) electrons. The molecular formula is C9H18N2O. The average molecular weight is 170 g/mol. The van der Waals surface area contributed by atoms with Gasteiger partial charge < -0.3 is 10.4 Å². The fraction of sp³-hybridized carbons (Fsp3) is 1.00. The molecule has 2 fully saturated rings. The van der Waals surface area contributed by atoms with Gasteiger partial charge in [0.1, 0.15) is 0 Å². The largest absolute Gasteiger partial charge is 0.390 e. The fourth-order valence-electron chi connectivity index (χ4n) is 2.08. The van der Waals surface area contributed by atoms with Crippen molar-refractivity contribution < 1.29 is 5.11 Å². The summed E-state index contributed by atoms with van der Waals surface area (Å²) >= 11 is 0. The first-order chi connectivity index (χ1) is 5.75. The van der Waals surface area contributed by atoms with Crippen molar-refractivity contribution in [1.82, 2.24) is 10.2 Å². The molecule has 2 heterocycles. The van der Waals surface area contributed by atoms with E-state index in [0.717, 1.165) is 19.6 Å². The van der Waals surface area contributed by atoms with Crippen LogP contribution in [0.4, 0.5) is 0 Å². The summed E-state index contributed by atoms with van der Waals surface area (Å²) in [5.41, 5.74) is 0. The number of rotatable bonds is 1. The number of nitrogens with zero attached hydrogens (tertiary/aromatic N) is 1. The second-order valence-corrected chi connectivity index (χ2v) is 4.15. The number of β-amino-alcohol motifs (C(OH)–C–C–N with tert-alkyl or cyclic N) is 1. The molecular weight excluding hydrogens is 152 g/mol. The maximum atomic E-state index is 9.14. The molecule has 2 rings (SSSR count). The topological polar surface area (TPSA) is 35.5 Å². The number of likely N-dealkylation sites (tertiary alicyclic amines) is 1. The zero-order chi connectivity index (χ0) is 8.55. The Morgan fingerprint density at radius 3 is 2.58 bits per heavy atom. The highest BCUT2D eigenvalue weighted by Gasteiger charge is 2.32. The minimum absolute atomic E-state index is 0.0515. The van der Waals surface area contributed by atoms with Gasteiger partial charge in [-0.25, -0.2) is 0 Å². The first-order valence-corrected chi connectivity index (χ1v) is 4.91. The molecule has 2 saturated heterocycles. The van der Waals surface area contributed by atoms with Crippen molar-refractivity contribution in [3.8, 4) is 0 Å². The molecule has 3 heteroatoms. The predicted molar refractivity (Wildman–Crippen MR) is 48.1 cm³/mol. The van der Waals surface area contributed by atoms with Gasteiger partial charge in [-0.15, -0.1) is 0 Å². The van der Waals surface area contributed by atoms with Gasteiger partial charge in [0.05, 0.1) is 6.10 Å². The quantitative estimate of drug-likeness (QED) is 0.572. The van der Waals surface area contributed by atoms with Crippen LogP contribution >= 0.6 is 0 Å². The van der Waals surface area contributed by atoms with Crippen LogP contribution in [-0.2, 0) is 0 Å². The molecule has 2 atom stereocenters. The third-order valence-electron chi connectivity index (χ3n) is 3.04. The van der Waals surface area contributed by atoms with Crippen molar-refractivity contribution in [3.63, 3.8) is 0 Å². The highest BCUT2D eigenvalue weighted by molar-refractivity contribution is 4.89. The van der Waals surface area contributed by atoms with Crippen molar-refractivity contribution in [2.24, 2.45) is 0 Å². The Morgan fingerprint density at radius 1 is 1.33 bits per heavy atom. The molecule has 0 aromatic heterocycles. The molecule has 2 aliphatic heterocycles. The smallest absolute Gasteiger partial charge is 0.0794 e. The Balaban J connectivity index is 1.75. The van der Waals surface area contributed by atoms with Gasteiger partial charge in [0.25, 0.3) is 0 Å². The third kappa shape index (κ3) is 1.63. The predicted octanol–water partition coefficient (Wildman–Crippen LogP) is -0.197. The van der Waals surface area contributed by atoms with E-state index in [4.69, 9.17) is 5.11 Å². The summed E-state index contributed by atoms with van der Waals surface area (Å²) in [5.74, 6) is 0. The van der Waals surface area contributed by atoms with E-state index in [1.165, 1.54) is 12.8 Å². The maximum absolute atomic E-state index is 9.14. The van der Waals surface area contributed by atoms with Crippen LogP contribution in [0.25, 0.3) is 0 Å². The minimum atomic E-state index is -0.0515. The molecule has 0 spiro atoms. The highest BCUT2D eigenvalue weighted by Crippen LogP contribution is 2.19. The third-order valence-corrected chi connectivity index (χ3v) is 3.04. The number of piperidine rings is 1.